The van der Waals surface area contributed by atoms with Gasteiger partial charge in [-0.3, -0.25) is 0 Å². The maximum Gasteiger partial charge on any atom is 0.319 e. The molecule has 0 aromatic heterocycles. The van der Waals surface area contributed by atoms with Crippen molar-refractivity contribution in [1.29, 1.82) is 0 Å². The summed E-state index contributed by atoms with van der Waals surface area (Å²) < 4.78 is 19.5. The third-order valence-electron chi connectivity index (χ3n) is 6.59. The summed E-state index contributed by atoms with van der Waals surface area (Å²) in [5.74, 6) is -0.307. The van der Waals surface area contributed by atoms with Crippen molar-refractivity contribution in [2.24, 2.45) is 0 Å². The number of likely N-dealkylation sites (tertiary alicyclic amines) is 1. The number of carbonyl (C=O) groups excluding carboxylic acids is 1. The van der Waals surface area contributed by atoms with Crippen molar-refractivity contribution in [3.05, 3.63) is 30.1 Å². The summed E-state index contributed by atoms with van der Waals surface area (Å²) in [5.41, 5.74) is 0.799. The molecule has 0 bridgehead atoms. The van der Waals surface area contributed by atoms with Crippen LogP contribution in [0.3, 0.4) is 0 Å². The normalized spacial score (nSPS) is 25.7. The fourth-order valence-electron chi connectivity index (χ4n) is 5.02. The first-order valence-electron chi connectivity index (χ1n) is 10.8. The van der Waals surface area contributed by atoms with Crippen LogP contribution in [0, 0.1) is 5.82 Å². The van der Waals surface area contributed by atoms with Gasteiger partial charge >= 0.3 is 6.03 Å². The van der Waals surface area contributed by atoms with Gasteiger partial charge in [-0.25, -0.2) is 9.18 Å². The number of benzene rings is 1. The second kappa shape index (κ2) is 8.78. The number of amides is 2. The van der Waals surface area contributed by atoms with Gasteiger partial charge in [0, 0.05) is 31.4 Å². The molecule has 0 radical (unpaired) electrons. The minimum Gasteiger partial charge on any atom is -0.370 e. The molecular formula is C22H32FN3O2. The second-order valence-electron chi connectivity index (χ2n) is 8.70. The standard InChI is InChI=1S/C22H32FN3O2/c23-17-4-6-18(7-5-17)24-21(27)25-19-9-14-26(15-10-19)16-20-8-13-22(28-20)11-2-1-3-12-22/h4-7,19-20H,1-3,8-16H2,(H2,24,25,27)/t20-/m1/s1. The topological polar surface area (TPSA) is 53.6 Å². The average Bonchev–Trinajstić information content (AvgIpc) is 3.07. The lowest BCUT2D eigenvalue weighted by atomic mass is 9.83. The van der Waals surface area contributed by atoms with Crippen molar-refractivity contribution < 1.29 is 13.9 Å². The molecular weight excluding hydrogens is 357 g/mol. The Labute approximate surface area is 167 Å². The van der Waals surface area contributed by atoms with Crippen LogP contribution in [0.1, 0.15) is 57.8 Å². The van der Waals surface area contributed by atoms with Gasteiger partial charge in [0.2, 0.25) is 0 Å². The minimum absolute atomic E-state index is 0.186. The molecule has 6 heteroatoms. The van der Waals surface area contributed by atoms with E-state index in [9.17, 15) is 9.18 Å². The third kappa shape index (κ3) is 5.03. The van der Waals surface area contributed by atoms with E-state index in [-0.39, 0.29) is 23.5 Å². The fourth-order valence-corrected chi connectivity index (χ4v) is 5.02. The molecule has 4 rings (SSSR count). The molecule has 1 saturated carbocycles. The lowest BCUT2D eigenvalue weighted by Crippen LogP contribution is -2.47. The first-order valence-corrected chi connectivity index (χ1v) is 10.8. The molecule has 1 aromatic rings. The summed E-state index contributed by atoms with van der Waals surface area (Å²) in [6.07, 6.45) is 11.2. The van der Waals surface area contributed by atoms with Gasteiger partial charge in [0.05, 0.1) is 11.7 Å². The number of piperidine rings is 1. The molecule has 3 aliphatic rings. The largest absolute Gasteiger partial charge is 0.370 e. The van der Waals surface area contributed by atoms with E-state index in [0.717, 1.165) is 32.5 Å². The Bertz CT molecular complexity index is 652. The Balaban J connectivity index is 1.16. The molecule has 28 heavy (non-hydrogen) atoms. The number of ether oxygens (including phenoxy) is 1. The molecule has 2 N–H and O–H groups in total. The predicted molar refractivity (Wildman–Crippen MR) is 108 cm³/mol. The van der Waals surface area contributed by atoms with E-state index >= 15 is 0 Å². The number of hydrogen-bond donors (Lipinski definition) is 2. The first-order chi connectivity index (χ1) is 13.6. The Morgan fingerprint density at radius 3 is 2.50 bits per heavy atom. The predicted octanol–water partition coefficient (Wildman–Crippen LogP) is 4.29. The van der Waals surface area contributed by atoms with Gasteiger partial charge in [-0.15, -0.1) is 0 Å². The van der Waals surface area contributed by atoms with Gasteiger partial charge in [-0.2, -0.15) is 0 Å². The van der Waals surface area contributed by atoms with Crippen LogP contribution in [0.15, 0.2) is 24.3 Å². The van der Waals surface area contributed by atoms with Crippen LogP contribution in [0.5, 0.6) is 0 Å². The molecule has 3 fully saturated rings. The molecule has 1 spiro atoms. The SMILES string of the molecule is O=C(Nc1ccc(F)cc1)NC1CCN(C[C@H]2CCC3(CCCCC3)O2)CC1. The van der Waals surface area contributed by atoms with Crippen molar-refractivity contribution in [1.82, 2.24) is 10.2 Å². The number of urea groups is 1. The third-order valence-corrected chi connectivity index (χ3v) is 6.59. The highest BCUT2D eigenvalue weighted by Crippen LogP contribution is 2.42. The molecule has 2 heterocycles. The maximum atomic E-state index is 12.9. The molecule has 2 saturated heterocycles. The average molecular weight is 390 g/mol. The summed E-state index contributed by atoms with van der Waals surface area (Å²) in [7, 11) is 0. The number of nitrogens with one attached hydrogen (secondary N) is 2. The highest BCUT2D eigenvalue weighted by Gasteiger charge is 2.41. The van der Waals surface area contributed by atoms with Gasteiger partial charge in [0.15, 0.2) is 0 Å². The molecule has 1 aliphatic carbocycles. The number of hydrogen-bond acceptors (Lipinski definition) is 3. The van der Waals surface area contributed by atoms with Crippen molar-refractivity contribution in [3.8, 4) is 0 Å². The Morgan fingerprint density at radius 2 is 1.79 bits per heavy atom. The molecule has 2 amide bonds. The Kier molecular flexibility index (Phi) is 6.16. The molecule has 0 unspecified atom stereocenters. The van der Waals surface area contributed by atoms with Crippen LogP contribution in [0.2, 0.25) is 0 Å². The van der Waals surface area contributed by atoms with Gasteiger partial charge < -0.3 is 20.3 Å². The Morgan fingerprint density at radius 1 is 1.07 bits per heavy atom. The van der Waals surface area contributed by atoms with Crippen molar-refractivity contribution in [2.75, 3.05) is 25.0 Å². The Hall–Kier alpha value is -1.66. The van der Waals surface area contributed by atoms with Crippen LogP contribution in [-0.2, 0) is 4.74 Å². The van der Waals surface area contributed by atoms with Crippen LogP contribution in [-0.4, -0.2) is 48.3 Å². The molecule has 2 aliphatic heterocycles. The van der Waals surface area contributed by atoms with Crippen LogP contribution >= 0.6 is 0 Å². The number of anilines is 1. The van der Waals surface area contributed by atoms with Gasteiger partial charge in [0.1, 0.15) is 5.82 Å². The zero-order chi connectivity index (χ0) is 19.4. The number of nitrogens with zero attached hydrogens (tertiary/aromatic N) is 1. The van der Waals surface area contributed by atoms with E-state index in [2.05, 4.69) is 15.5 Å². The zero-order valence-electron chi connectivity index (χ0n) is 16.6. The van der Waals surface area contributed by atoms with E-state index in [1.807, 2.05) is 0 Å². The number of rotatable bonds is 4. The van der Waals surface area contributed by atoms with Crippen LogP contribution in [0.25, 0.3) is 0 Å². The summed E-state index contributed by atoms with van der Waals surface area (Å²) in [6, 6.07) is 5.79. The van der Waals surface area contributed by atoms with E-state index in [1.54, 1.807) is 12.1 Å². The lowest BCUT2D eigenvalue weighted by molar-refractivity contribution is -0.0731. The highest BCUT2D eigenvalue weighted by molar-refractivity contribution is 5.89. The highest BCUT2D eigenvalue weighted by atomic mass is 19.1. The van der Waals surface area contributed by atoms with Crippen molar-refractivity contribution in [2.45, 2.75) is 75.5 Å². The molecule has 5 nitrogen and oxygen atoms in total. The van der Waals surface area contributed by atoms with E-state index in [4.69, 9.17) is 4.74 Å². The van der Waals surface area contributed by atoms with E-state index in [0.29, 0.717) is 11.8 Å². The van der Waals surface area contributed by atoms with E-state index < -0.39 is 0 Å². The van der Waals surface area contributed by atoms with E-state index in [1.165, 1.54) is 57.1 Å². The van der Waals surface area contributed by atoms with Gasteiger partial charge in [-0.1, -0.05) is 19.3 Å². The van der Waals surface area contributed by atoms with Crippen molar-refractivity contribution >= 4 is 11.7 Å². The zero-order valence-corrected chi connectivity index (χ0v) is 16.6. The minimum atomic E-state index is -0.307. The molecule has 154 valence electrons. The summed E-state index contributed by atoms with van der Waals surface area (Å²) in [4.78, 5) is 14.6. The number of carbonyl (C=O) groups is 1. The van der Waals surface area contributed by atoms with Crippen LogP contribution < -0.4 is 10.6 Å². The van der Waals surface area contributed by atoms with Gasteiger partial charge in [0.25, 0.3) is 0 Å². The summed E-state index contributed by atoms with van der Waals surface area (Å²) in [6.45, 7) is 3.01. The maximum absolute atomic E-state index is 12.9. The fraction of sp³-hybridized carbons (Fsp3) is 0.682. The monoisotopic (exact) mass is 389 g/mol. The van der Waals surface area contributed by atoms with Crippen molar-refractivity contribution in [3.63, 3.8) is 0 Å². The molecule has 1 aromatic carbocycles. The first kappa shape index (κ1) is 19.6. The smallest absolute Gasteiger partial charge is 0.319 e. The summed E-state index contributed by atoms with van der Waals surface area (Å²) >= 11 is 0. The quantitative estimate of drug-likeness (QED) is 0.808. The number of halogens is 1. The lowest BCUT2D eigenvalue weighted by Gasteiger charge is -2.36. The summed E-state index contributed by atoms with van der Waals surface area (Å²) in [5, 5.41) is 5.81. The second-order valence-corrected chi connectivity index (χ2v) is 8.70. The molecule has 1 atom stereocenters. The van der Waals surface area contributed by atoms with Gasteiger partial charge in [-0.05, 0) is 62.8 Å². The van der Waals surface area contributed by atoms with Crippen LogP contribution in [0.4, 0.5) is 14.9 Å².